The molecular weight excluding hydrogens is 302 g/mol. The van der Waals surface area contributed by atoms with Crippen LogP contribution in [0.5, 0.6) is 5.75 Å². The van der Waals surface area contributed by atoms with Crippen LogP contribution in [-0.2, 0) is 6.42 Å². The average Bonchev–Trinajstić information content (AvgIpc) is 2.38. The second-order valence-corrected chi connectivity index (χ2v) is 12.0. The molecule has 1 rings (SSSR count). The van der Waals surface area contributed by atoms with E-state index in [4.69, 9.17) is 21.2 Å². The first-order valence-electron chi connectivity index (χ1n) is 7.31. The van der Waals surface area contributed by atoms with Crippen LogP contribution in [0.4, 0.5) is 0 Å². The van der Waals surface area contributed by atoms with Crippen LogP contribution < -0.4 is 4.43 Å². The van der Waals surface area contributed by atoms with Crippen molar-refractivity contribution in [3.05, 3.63) is 29.8 Å². The van der Waals surface area contributed by atoms with Crippen LogP contribution in [0.3, 0.4) is 0 Å². The summed E-state index contributed by atoms with van der Waals surface area (Å²) in [6, 6.07) is 8.16. The van der Waals surface area contributed by atoms with E-state index in [9.17, 15) is 0 Å². The maximum absolute atomic E-state index is 8.57. The van der Waals surface area contributed by atoms with Gasteiger partial charge in [-0.1, -0.05) is 55.7 Å². The van der Waals surface area contributed by atoms with Gasteiger partial charge in [0.25, 0.3) is 0 Å². The van der Waals surface area contributed by atoms with Crippen molar-refractivity contribution < 1.29 is 9.63 Å². The van der Waals surface area contributed by atoms with Crippen molar-refractivity contribution in [2.24, 2.45) is 5.16 Å². The summed E-state index contributed by atoms with van der Waals surface area (Å²) in [6.45, 7) is 11.2. The average molecular weight is 328 g/mol. The highest BCUT2D eigenvalue weighted by molar-refractivity contribution is 6.74. The molecule has 0 saturated carbocycles. The molecule has 0 aliphatic rings. The number of para-hydroxylation sites is 1. The monoisotopic (exact) mass is 327 g/mol. The van der Waals surface area contributed by atoms with Crippen LogP contribution in [0.1, 0.15) is 39.2 Å². The third-order valence-corrected chi connectivity index (χ3v) is 8.69. The van der Waals surface area contributed by atoms with Crippen LogP contribution in [0, 0.1) is 0 Å². The Morgan fingerprint density at radius 2 is 1.90 bits per heavy atom. The molecule has 0 unspecified atom stereocenters. The minimum absolute atomic E-state index is 0.174. The number of nitrogens with zero attached hydrogens (tertiary/aromatic N) is 1. The molecule has 1 aromatic rings. The van der Waals surface area contributed by atoms with Gasteiger partial charge in [-0.05, 0) is 42.6 Å². The molecule has 0 heterocycles. The first kappa shape index (κ1) is 18.0. The summed E-state index contributed by atoms with van der Waals surface area (Å²) in [5.74, 6) is 0.973. The minimum Gasteiger partial charge on any atom is -0.543 e. The lowest BCUT2D eigenvalue weighted by Crippen LogP contribution is -2.44. The molecule has 0 fully saturated rings. The Bertz CT molecular complexity index is 495. The Morgan fingerprint density at radius 1 is 1.29 bits per heavy atom. The van der Waals surface area contributed by atoms with E-state index >= 15 is 0 Å². The fraction of sp³-hybridized carbons (Fsp3) is 0.562. The van der Waals surface area contributed by atoms with Gasteiger partial charge in [0.2, 0.25) is 8.32 Å². The summed E-state index contributed by atoms with van der Waals surface area (Å²) in [7, 11) is -1.83. The van der Waals surface area contributed by atoms with Gasteiger partial charge in [-0.15, -0.1) is 0 Å². The molecule has 3 nitrogen and oxygen atoms in total. The Hall–Kier alpha value is -1.00. The van der Waals surface area contributed by atoms with Gasteiger partial charge < -0.3 is 9.63 Å². The Kier molecular flexibility index (Phi) is 6.29. The normalized spacial score (nSPS) is 13.3. The third-order valence-electron chi connectivity index (χ3n) is 4.08. The number of hydrogen-bond donors (Lipinski definition) is 1. The van der Waals surface area contributed by atoms with E-state index in [0.717, 1.165) is 18.6 Å². The van der Waals surface area contributed by atoms with Crippen molar-refractivity contribution in [3.8, 4) is 5.75 Å². The van der Waals surface area contributed by atoms with Crippen LogP contribution in [-0.4, -0.2) is 18.7 Å². The van der Waals surface area contributed by atoms with Crippen LogP contribution in [0.25, 0.3) is 0 Å². The van der Waals surface area contributed by atoms with Crippen molar-refractivity contribution >= 4 is 25.1 Å². The zero-order valence-corrected chi connectivity index (χ0v) is 15.4. The lowest BCUT2D eigenvalue weighted by Gasteiger charge is -2.37. The van der Waals surface area contributed by atoms with E-state index in [1.54, 1.807) is 0 Å². The molecule has 1 aromatic carbocycles. The first-order valence-corrected chi connectivity index (χ1v) is 10.6. The predicted molar refractivity (Wildman–Crippen MR) is 92.3 cm³/mol. The maximum atomic E-state index is 8.57. The van der Waals surface area contributed by atoms with Gasteiger partial charge in [0.1, 0.15) is 10.9 Å². The van der Waals surface area contributed by atoms with Gasteiger partial charge >= 0.3 is 0 Å². The van der Waals surface area contributed by atoms with Crippen molar-refractivity contribution in [1.82, 2.24) is 0 Å². The maximum Gasteiger partial charge on any atom is 0.250 e. The van der Waals surface area contributed by atoms with Gasteiger partial charge in [0.15, 0.2) is 0 Å². The number of aryl methyl sites for hydroxylation is 1. The Labute approximate surface area is 134 Å². The molecule has 0 amide bonds. The smallest absolute Gasteiger partial charge is 0.250 e. The standard InChI is InChI=1S/C16H26ClNO2Si/c1-16(2,3)21(4,5)20-14-11-7-6-9-13(14)10-8-12-15(17)18-19/h6-7,9,11,19H,8,10,12H2,1-5H3/b18-15-. The molecule has 1 N–H and O–H groups in total. The number of oxime groups is 1. The van der Waals surface area contributed by atoms with Gasteiger partial charge in [-0.2, -0.15) is 0 Å². The molecule has 0 saturated heterocycles. The minimum atomic E-state index is -1.83. The molecule has 0 radical (unpaired) electrons. The predicted octanol–water partition coefficient (Wildman–Crippen LogP) is 5.42. The molecule has 0 bridgehead atoms. The fourth-order valence-corrected chi connectivity index (χ4v) is 2.90. The molecular formula is C16H26ClNO2Si. The molecule has 0 spiro atoms. The zero-order chi connectivity index (χ0) is 16.1. The molecule has 0 aliphatic carbocycles. The van der Waals surface area contributed by atoms with E-state index in [1.165, 1.54) is 5.56 Å². The van der Waals surface area contributed by atoms with Crippen LogP contribution in [0.2, 0.25) is 18.1 Å². The fourth-order valence-electron chi connectivity index (χ4n) is 1.71. The number of rotatable bonds is 6. The van der Waals surface area contributed by atoms with E-state index in [-0.39, 0.29) is 10.2 Å². The van der Waals surface area contributed by atoms with Crippen LogP contribution >= 0.6 is 11.6 Å². The van der Waals surface area contributed by atoms with Gasteiger partial charge in [0, 0.05) is 6.42 Å². The highest BCUT2D eigenvalue weighted by Crippen LogP contribution is 2.38. The molecule has 118 valence electrons. The van der Waals surface area contributed by atoms with Gasteiger partial charge in [-0.25, -0.2) is 0 Å². The topological polar surface area (TPSA) is 41.8 Å². The van der Waals surface area contributed by atoms with Gasteiger partial charge in [-0.3, -0.25) is 0 Å². The summed E-state index contributed by atoms with van der Waals surface area (Å²) in [5.41, 5.74) is 1.18. The second-order valence-electron chi connectivity index (χ2n) is 6.80. The van der Waals surface area contributed by atoms with E-state index in [0.29, 0.717) is 6.42 Å². The number of hydrogen-bond acceptors (Lipinski definition) is 3. The highest BCUT2D eigenvalue weighted by Gasteiger charge is 2.39. The summed E-state index contributed by atoms with van der Waals surface area (Å²) in [4.78, 5) is 0. The molecule has 0 aliphatic heterocycles. The third kappa shape index (κ3) is 5.36. The number of benzene rings is 1. The summed E-state index contributed by atoms with van der Waals surface area (Å²) in [5, 5.41) is 12.0. The number of halogens is 1. The molecule has 0 aromatic heterocycles. The lowest BCUT2D eigenvalue weighted by molar-refractivity contribution is 0.319. The SMILES string of the molecule is CC(C)(C)[Si](C)(C)Oc1ccccc1CCC/C(Cl)=N/O. The van der Waals surface area contributed by atoms with Crippen molar-refractivity contribution in [3.63, 3.8) is 0 Å². The molecule has 21 heavy (non-hydrogen) atoms. The van der Waals surface area contributed by atoms with Gasteiger partial charge in [0.05, 0.1) is 0 Å². The van der Waals surface area contributed by atoms with E-state index < -0.39 is 8.32 Å². The quantitative estimate of drug-likeness (QED) is 0.328. The Morgan fingerprint density at radius 3 is 2.48 bits per heavy atom. The lowest BCUT2D eigenvalue weighted by atomic mass is 10.1. The summed E-state index contributed by atoms with van der Waals surface area (Å²) in [6.07, 6.45) is 2.27. The summed E-state index contributed by atoms with van der Waals surface area (Å²) < 4.78 is 6.41. The Balaban J connectivity index is 2.80. The largest absolute Gasteiger partial charge is 0.543 e. The molecule has 0 atom stereocenters. The van der Waals surface area contributed by atoms with Crippen molar-refractivity contribution in [2.45, 2.75) is 58.2 Å². The molecule has 5 heteroatoms. The van der Waals surface area contributed by atoms with E-state index in [1.807, 2.05) is 18.2 Å². The first-order chi connectivity index (χ1) is 9.67. The van der Waals surface area contributed by atoms with Crippen LogP contribution in [0.15, 0.2) is 29.4 Å². The van der Waals surface area contributed by atoms with E-state index in [2.05, 4.69) is 45.1 Å². The van der Waals surface area contributed by atoms with Crippen molar-refractivity contribution in [1.29, 1.82) is 0 Å². The zero-order valence-electron chi connectivity index (χ0n) is 13.6. The highest BCUT2D eigenvalue weighted by atomic mass is 35.5. The summed E-state index contributed by atoms with van der Waals surface area (Å²) >= 11 is 5.71. The van der Waals surface area contributed by atoms with Crippen molar-refractivity contribution in [2.75, 3.05) is 0 Å². The second kappa shape index (κ2) is 7.32.